The van der Waals surface area contributed by atoms with E-state index in [1.54, 1.807) is 7.11 Å². The van der Waals surface area contributed by atoms with Crippen molar-refractivity contribution in [2.24, 2.45) is 0 Å². The molecule has 2 amide bonds. The van der Waals surface area contributed by atoms with E-state index in [1.807, 2.05) is 42.6 Å². The molecule has 0 saturated carbocycles. The fourth-order valence-electron chi connectivity index (χ4n) is 2.83. The van der Waals surface area contributed by atoms with Gasteiger partial charge in [-0.1, -0.05) is 18.2 Å². The van der Waals surface area contributed by atoms with E-state index in [0.29, 0.717) is 13.1 Å². The number of pyridine rings is 1. The Labute approximate surface area is 148 Å². The second-order valence-corrected chi connectivity index (χ2v) is 6.10. The summed E-state index contributed by atoms with van der Waals surface area (Å²) in [6.07, 6.45) is 4.30. The number of hydrogen-bond acceptors (Lipinski definition) is 4. The molecule has 0 radical (unpaired) electrons. The summed E-state index contributed by atoms with van der Waals surface area (Å²) >= 11 is 0. The molecule has 6 heteroatoms. The molecular formula is C19H24N4O2. The fraction of sp³-hybridized carbons (Fsp3) is 0.368. The Morgan fingerprint density at radius 2 is 1.68 bits per heavy atom. The summed E-state index contributed by atoms with van der Waals surface area (Å²) in [4.78, 5) is 18.7. The van der Waals surface area contributed by atoms with Crippen LogP contribution in [0.5, 0.6) is 5.75 Å². The van der Waals surface area contributed by atoms with Gasteiger partial charge in [-0.25, -0.2) is 9.78 Å². The van der Waals surface area contributed by atoms with E-state index >= 15 is 0 Å². The number of carbonyl (C=O) groups is 1. The van der Waals surface area contributed by atoms with Gasteiger partial charge in [0.05, 0.1) is 7.11 Å². The standard InChI is InChI=1S/C19H24N4O2/c1-25-17-7-4-15(5-8-17)12-21-19(24)22-14-16-6-9-18(20-13-16)23-10-2-3-11-23/h4-9,13H,2-3,10-12,14H2,1H3,(H2,21,22,24). The SMILES string of the molecule is COc1ccc(CNC(=O)NCc2ccc(N3CCCC3)nc2)cc1. The van der Waals surface area contributed by atoms with E-state index in [2.05, 4.69) is 20.5 Å². The van der Waals surface area contributed by atoms with Crippen molar-refractivity contribution in [2.45, 2.75) is 25.9 Å². The Balaban J connectivity index is 1.42. The summed E-state index contributed by atoms with van der Waals surface area (Å²) in [5, 5.41) is 5.70. The summed E-state index contributed by atoms with van der Waals surface area (Å²) in [6, 6.07) is 11.5. The number of benzene rings is 1. The minimum absolute atomic E-state index is 0.195. The Hall–Kier alpha value is -2.76. The molecule has 1 saturated heterocycles. The third kappa shape index (κ3) is 4.86. The van der Waals surface area contributed by atoms with Gasteiger partial charge in [0.1, 0.15) is 11.6 Å². The van der Waals surface area contributed by atoms with Crippen LogP contribution in [0.1, 0.15) is 24.0 Å². The molecule has 1 aromatic carbocycles. The second-order valence-electron chi connectivity index (χ2n) is 6.10. The second kappa shape index (κ2) is 8.37. The van der Waals surface area contributed by atoms with E-state index in [9.17, 15) is 4.79 Å². The van der Waals surface area contributed by atoms with Gasteiger partial charge >= 0.3 is 6.03 Å². The van der Waals surface area contributed by atoms with Crippen molar-refractivity contribution >= 4 is 11.8 Å². The van der Waals surface area contributed by atoms with Crippen LogP contribution in [-0.2, 0) is 13.1 Å². The van der Waals surface area contributed by atoms with Crippen molar-refractivity contribution < 1.29 is 9.53 Å². The van der Waals surface area contributed by atoms with Crippen molar-refractivity contribution in [3.63, 3.8) is 0 Å². The number of nitrogens with zero attached hydrogens (tertiary/aromatic N) is 2. The zero-order valence-corrected chi connectivity index (χ0v) is 14.5. The number of urea groups is 1. The smallest absolute Gasteiger partial charge is 0.315 e. The molecule has 1 fully saturated rings. The lowest BCUT2D eigenvalue weighted by molar-refractivity contribution is 0.240. The number of methoxy groups -OCH3 is 1. The normalized spacial score (nSPS) is 13.6. The van der Waals surface area contributed by atoms with Crippen molar-refractivity contribution in [1.29, 1.82) is 0 Å². The van der Waals surface area contributed by atoms with Crippen LogP contribution in [0, 0.1) is 0 Å². The first-order valence-corrected chi connectivity index (χ1v) is 8.59. The van der Waals surface area contributed by atoms with Crippen LogP contribution in [-0.4, -0.2) is 31.2 Å². The maximum Gasteiger partial charge on any atom is 0.315 e. The molecule has 1 aromatic heterocycles. The number of nitrogens with one attached hydrogen (secondary N) is 2. The maximum absolute atomic E-state index is 11.9. The van der Waals surface area contributed by atoms with Gasteiger partial charge in [-0.2, -0.15) is 0 Å². The summed E-state index contributed by atoms with van der Waals surface area (Å²) < 4.78 is 5.11. The molecule has 132 valence electrons. The van der Waals surface area contributed by atoms with Crippen LogP contribution in [0.2, 0.25) is 0 Å². The minimum Gasteiger partial charge on any atom is -0.497 e. The van der Waals surface area contributed by atoms with Gasteiger partial charge in [-0.3, -0.25) is 0 Å². The predicted molar refractivity (Wildman–Crippen MR) is 97.8 cm³/mol. The van der Waals surface area contributed by atoms with Crippen LogP contribution >= 0.6 is 0 Å². The van der Waals surface area contributed by atoms with Crippen molar-refractivity contribution in [3.05, 3.63) is 53.7 Å². The molecule has 0 bridgehead atoms. The van der Waals surface area contributed by atoms with Crippen molar-refractivity contribution in [2.75, 3.05) is 25.1 Å². The van der Waals surface area contributed by atoms with Gasteiger partial charge < -0.3 is 20.3 Å². The molecule has 2 N–H and O–H groups in total. The molecule has 0 atom stereocenters. The average Bonchev–Trinajstić information content (AvgIpc) is 3.20. The first-order valence-electron chi connectivity index (χ1n) is 8.59. The monoisotopic (exact) mass is 340 g/mol. The number of aromatic nitrogens is 1. The summed E-state index contributed by atoms with van der Waals surface area (Å²) in [5.74, 6) is 1.82. The third-order valence-electron chi connectivity index (χ3n) is 4.30. The van der Waals surface area contributed by atoms with Crippen LogP contribution in [0.15, 0.2) is 42.6 Å². The van der Waals surface area contributed by atoms with Crippen LogP contribution in [0.3, 0.4) is 0 Å². The van der Waals surface area contributed by atoms with E-state index in [-0.39, 0.29) is 6.03 Å². The van der Waals surface area contributed by atoms with Gasteiger partial charge in [0, 0.05) is 32.4 Å². The Morgan fingerprint density at radius 1 is 1.04 bits per heavy atom. The van der Waals surface area contributed by atoms with Crippen molar-refractivity contribution in [1.82, 2.24) is 15.6 Å². The molecule has 0 unspecified atom stereocenters. The fourth-order valence-corrected chi connectivity index (χ4v) is 2.83. The Bertz CT molecular complexity index is 680. The molecule has 2 aromatic rings. The van der Waals surface area contributed by atoms with E-state index in [4.69, 9.17) is 4.74 Å². The molecule has 1 aliphatic heterocycles. The Morgan fingerprint density at radius 3 is 2.28 bits per heavy atom. The van der Waals surface area contributed by atoms with Gasteiger partial charge in [0.15, 0.2) is 0 Å². The number of hydrogen-bond donors (Lipinski definition) is 2. The highest BCUT2D eigenvalue weighted by molar-refractivity contribution is 5.73. The first kappa shape index (κ1) is 17.1. The van der Waals surface area contributed by atoms with E-state index in [1.165, 1.54) is 12.8 Å². The number of rotatable bonds is 6. The molecule has 0 spiro atoms. The lowest BCUT2D eigenvalue weighted by atomic mass is 10.2. The Kier molecular flexibility index (Phi) is 5.72. The van der Waals surface area contributed by atoms with Crippen LogP contribution in [0.25, 0.3) is 0 Å². The third-order valence-corrected chi connectivity index (χ3v) is 4.30. The zero-order chi connectivity index (χ0) is 17.5. The van der Waals surface area contributed by atoms with Gasteiger partial charge in [0.25, 0.3) is 0 Å². The predicted octanol–water partition coefficient (Wildman–Crippen LogP) is 2.69. The van der Waals surface area contributed by atoms with E-state index < -0.39 is 0 Å². The maximum atomic E-state index is 11.9. The zero-order valence-electron chi connectivity index (χ0n) is 14.5. The highest BCUT2D eigenvalue weighted by Crippen LogP contribution is 2.17. The molecular weight excluding hydrogens is 316 g/mol. The molecule has 2 heterocycles. The lowest BCUT2D eigenvalue weighted by Crippen LogP contribution is -2.34. The van der Waals surface area contributed by atoms with Gasteiger partial charge in [0.2, 0.25) is 0 Å². The number of amides is 2. The van der Waals surface area contributed by atoms with Crippen LogP contribution < -0.4 is 20.3 Å². The summed E-state index contributed by atoms with van der Waals surface area (Å²) in [5.41, 5.74) is 2.01. The van der Waals surface area contributed by atoms with Gasteiger partial charge in [-0.05, 0) is 42.2 Å². The highest BCUT2D eigenvalue weighted by atomic mass is 16.5. The first-order chi connectivity index (χ1) is 12.2. The number of carbonyl (C=O) groups excluding carboxylic acids is 1. The van der Waals surface area contributed by atoms with E-state index in [0.717, 1.165) is 35.8 Å². The summed E-state index contributed by atoms with van der Waals surface area (Å²) in [7, 11) is 1.63. The molecule has 3 rings (SSSR count). The minimum atomic E-state index is -0.195. The lowest BCUT2D eigenvalue weighted by Gasteiger charge is -2.16. The summed E-state index contributed by atoms with van der Waals surface area (Å²) in [6.45, 7) is 3.10. The molecule has 6 nitrogen and oxygen atoms in total. The van der Waals surface area contributed by atoms with Gasteiger partial charge in [-0.15, -0.1) is 0 Å². The number of ether oxygens (including phenoxy) is 1. The number of anilines is 1. The quantitative estimate of drug-likeness (QED) is 0.848. The molecule has 1 aliphatic rings. The van der Waals surface area contributed by atoms with Crippen molar-refractivity contribution in [3.8, 4) is 5.75 Å². The molecule has 25 heavy (non-hydrogen) atoms. The largest absolute Gasteiger partial charge is 0.497 e. The average molecular weight is 340 g/mol. The topological polar surface area (TPSA) is 66.5 Å². The molecule has 0 aliphatic carbocycles. The highest BCUT2D eigenvalue weighted by Gasteiger charge is 2.13. The van der Waals surface area contributed by atoms with Crippen LogP contribution in [0.4, 0.5) is 10.6 Å².